The average Bonchev–Trinajstić information content (AvgIpc) is 2.55. The lowest BCUT2D eigenvalue weighted by atomic mass is 9.66. The van der Waals surface area contributed by atoms with Crippen LogP contribution in [0.3, 0.4) is 0 Å². The summed E-state index contributed by atoms with van der Waals surface area (Å²) in [6.45, 7) is 4.89. The quantitative estimate of drug-likeness (QED) is 0.608. The Balaban J connectivity index is 2.01. The fourth-order valence-corrected chi connectivity index (χ4v) is 3.51. The Morgan fingerprint density at radius 1 is 1.24 bits per heavy atom. The average molecular weight is 345 g/mol. The maximum atomic E-state index is 13.6. The summed E-state index contributed by atoms with van der Waals surface area (Å²) in [6, 6.07) is 3.34. The third-order valence-electron chi connectivity index (χ3n) is 5.08. The van der Waals surface area contributed by atoms with Crippen molar-refractivity contribution in [3.8, 4) is 6.19 Å². The first-order chi connectivity index (χ1) is 11.9. The minimum atomic E-state index is -0.713. The molecule has 1 heterocycles. The van der Waals surface area contributed by atoms with Gasteiger partial charge in [-0.3, -0.25) is 0 Å². The zero-order valence-electron chi connectivity index (χ0n) is 14.6. The van der Waals surface area contributed by atoms with Crippen molar-refractivity contribution in [2.45, 2.75) is 32.7 Å². The molecule has 0 N–H and O–H groups in total. The zero-order valence-corrected chi connectivity index (χ0v) is 14.6. The van der Waals surface area contributed by atoms with Crippen LogP contribution in [0, 0.1) is 28.5 Å². The molecular weight excluding hydrogens is 324 g/mol. The van der Waals surface area contributed by atoms with E-state index in [1.54, 1.807) is 19.3 Å². The number of hydrogen-bond acceptors (Lipinski definition) is 4. The van der Waals surface area contributed by atoms with E-state index < -0.39 is 11.6 Å². The van der Waals surface area contributed by atoms with E-state index in [0.717, 1.165) is 36.8 Å². The van der Waals surface area contributed by atoms with Gasteiger partial charge in [-0.1, -0.05) is 13.8 Å². The van der Waals surface area contributed by atoms with Crippen LogP contribution >= 0.6 is 0 Å². The van der Waals surface area contributed by atoms with E-state index in [0.29, 0.717) is 12.4 Å². The number of benzene rings is 1. The number of nitriles is 1. The number of hydrogen-bond donors (Lipinski definition) is 0. The number of ether oxygens (including phenoxy) is 1. The van der Waals surface area contributed by atoms with Crippen LogP contribution in [0.4, 0.5) is 14.5 Å². The van der Waals surface area contributed by atoms with Crippen molar-refractivity contribution in [1.82, 2.24) is 4.90 Å². The summed E-state index contributed by atoms with van der Waals surface area (Å²) in [7, 11) is 1.61. The van der Waals surface area contributed by atoms with E-state index in [-0.39, 0.29) is 17.1 Å². The van der Waals surface area contributed by atoms with Crippen LogP contribution in [0.25, 0.3) is 0 Å². The molecule has 1 aliphatic carbocycles. The molecular formula is C19H21F2N3O. The van der Waals surface area contributed by atoms with Crippen molar-refractivity contribution < 1.29 is 13.5 Å². The Morgan fingerprint density at radius 2 is 1.92 bits per heavy atom. The third-order valence-corrected chi connectivity index (χ3v) is 5.08. The first-order valence-electron chi connectivity index (χ1n) is 8.23. The SMILES string of the molecule is COC1=CC=C(N(C#N)c2cc(F)cc(F)c2)N(C2CCC2(C)C)C1. The number of halogens is 2. The van der Waals surface area contributed by atoms with Crippen molar-refractivity contribution in [2.24, 2.45) is 5.41 Å². The summed E-state index contributed by atoms with van der Waals surface area (Å²) in [5.74, 6) is -0.0357. The molecule has 0 amide bonds. The van der Waals surface area contributed by atoms with Gasteiger partial charge in [-0.15, -0.1) is 0 Å². The van der Waals surface area contributed by atoms with Gasteiger partial charge in [-0.2, -0.15) is 5.26 Å². The Morgan fingerprint density at radius 3 is 2.40 bits per heavy atom. The molecule has 1 aromatic rings. The van der Waals surface area contributed by atoms with Crippen molar-refractivity contribution in [3.05, 3.63) is 53.6 Å². The largest absolute Gasteiger partial charge is 0.499 e. The molecule has 3 rings (SSSR count). The molecule has 1 atom stereocenters. The Labute approximate surface area is 146 Å². The zero-order chi connectivity index (χ0) is 18.2. The molecule has 0 radical (unpaired) electrons. The molecule has 132 valence electrons. The molecule has 1 saturated carbocycles. The van der Waals surface area contributed by atoms with Gasteiger partial charge in [0.1, 0.15) is 23.2 Å². The van der Waals surface area contributed by atoms with Gasteiger partial charge >= 0.3 is 0 Å². The highest BCUT2D eigenvalue weighted by Gasteiger charge is 2.44. The number of methoxy groups -OCH3 is 1. The maximum absolute atomic E-state index is 13.6. The van der Waals surface area contributed by atoms with Gasteiger partial charge in [0.25, 0.3) is 0 Å². The van der Waals surface area contributed by atoms with Crippen LogP contribution in [0.5, 0.6) is 0 Å². The molecule has 2 aliphatic rings. The summed E-state index contributed by atoms with van der Waals surface area (Å²) in [5.41, 5.74) is 0.270. The van der Waals surface area contributed by atoms with E-state index in [4.69, 9.17) is 4.74 Å². The predicted octanol–water partition coefficient (Wildman–Crippen LogP) is 4.13. The van der Waals surface area contributed by atoms with E-state index in [1.165, 1.54) is 4.90 Å². The number of rotatable bonds is 4. The summed E-state index contributed by atoms with van der Waals surface area (Å²) < 4.78 is 32.6. The summed E-state index contributed by atoms with van der Waals surface area (Å²) >= 11 is 0. The van der Waals surface area contributed by atoms with Crippen LogP contribution in [-0.2, 0) is 4.74 Å². The van der Waals surface area contributed by atoms with E-state index in [9.17, 15) is 14.0 Å². The maximum Gasteiger partial charge on any atom is 0.190 e. The van der Waals surface area contributed by atoms with Gasteiger partial charge in [0.05, 0.1) is 19.3 Å². The minimum absolute atomic E-state index is 0.101. The minimum Gasteiger partial charge on any atom is -0.499 e. The van der Waals surface area contributed by atoms with E-state index in [2.05, 4.69) is 24.9 Å². The first kappa shape index (κ1) is 17.3. The molecule has 1 aliphatic heterocycles. The van der Waals surface area contributed by atoms with Crippen molar-refractivity contribution in [2.75, 3.05) is 18.6 Å². The van der Waals surface area contributed by atoms with Gasteiger partial charge in [0.15, 0.2) is 6.19 Å². The smallest absolute Gasteiger partial charge is 0.190 e. The van der Waals surface area contributed by atoms with Gasteiger partial charge in [-0.05, 0) is 42.5 Å². The molecule has 1 unspecified atom stereocenters. The van der Waals surface area contributed by atoms with Crippen LogP contribution in [0.15, 0.2) is 41.9 Å². The molecule has 0 spiro atoms. The van der Waals surface area contributed by atoms with Crippen LogP contribution in [0.2, 0.25) is 0 Å². The van der Waals surface area contributed by atoms with Crippen LogP contribution in [0.1, 0.15) is 26.7 Å². The molecule has 0 saturated heterocycles. The van der Waals surface area contributed by atoms with Crippen molar-refractivity contribution >= 4 is 5.69 Å². The topological polar surface area (TPSA) is 39.5 Å². The summed E-state index contributed by atoms with van der Waals surface area (Å²) in [4.78, 5) is 3.36. The van der Waals surface area contributed by atoms with Gasteiger partial charge < -0.3 is 9.64 Å². The van der Waals surface area contributed by atoms with Gasteiger partial charge in [-0.25, -0.2) is 13.7 Å². The first-order valence-corrected chi connectivity index (χ1v) is 8.23. The Bertz CT molecular complexity index is 759. The van der Waals surface area contributed by atoms with Gasteiger partial charge in [0.2, 0.25) is 0 Å². The van der Waals surface area contributed by atoms with E-state index in [1.807, 2.05) is 0 Å². The lowest BCUT2D eigenvalue weighted by Crippen LogP contribution is -2.55. The summed E-state index contributed by atoms with van der Waals surface area (Å²) in [6.07, 6.45) is 7.70. The normalized spacial score (nSPS) is 21.6. The number of nitrogens with zero attached hydrogens (tertiary/aromatic N) is 3. The lowest BCUT2D eigenvalue weighted by molar-refractivity contribution is 0.0172. The summed E-state index contributed by atoms with van der Waals surface area (Å²) in [5, 5.41) is 9.67. The third kappa shape index (κ3) is 3.19. The fourth-order valence-electron chi connectivity index (χ4n) is 3.51. The lowest BCUT2D eigenvalue weighted by Gasteiger charge is -2.53. The molecule has 1 fully saturated rings. The highest BCUT2D eigenvalue weighted by molar-refractivity contribution is 5.57. The highest BCUT2D eigenvalue weighted by atomic mass is 19.1. The second kappa shape index (κ2) is 6.40. The molecule has 25 heavy (non-hydrogen) atoms. The van der Waals surface area contributed by atoms with Crippen molar-refractivity contribution in [1.29, 1.82) is 5.26 Å². The Kier molecular flexibility index (Phi) is 4.42. The van der Waals surface area contributed by atoms with Crippen molar-refractivity contribution in [3.63, 3.8) is 0 Å². The standard InChI is InChI=1S/C19H21F2N3O/c1-19(2)7-6-17(19)23-11-16(25-3)4-5-18(23)24(12-22)15-9-13(20)8-14(21)10-15/h4-5,8-10,17H,6-7,11H2,1-3H3. The van der Waals surface area contributed by atoms with Crippen LogP contribution in [-0.4, -0.2) is 24.6 Å². The monoisotopic (exact) mass is 345 g/mol. The number of anilines is 1. The molecule has 0 aromatic heterocycles. The van der Waals surface area contributed by atoms with E-state index >= 15 is 0 Å². The predicted molar refractivity (Wildman–Crippen MR) is 91.1 cm³/mol. The molecule has 6 heteroatoms. The van der Waals surface area contributed by atoms with Crippen LogP contribution < -0.4 is 4.90 Å². The molecule has 4 nitrogen and oxygen atoms in total. The second-order valence-electron chi connectivity index (χ2n) is 7.10. The highest BCUT2D eigenvalue weighted by Crippen LogP contribution is 2.46. The Hall–Kier alpha value is -2.55. The number of allylic oxidation sites excluding steroid dienone is 2. The molecule has 0 bridgehead atoms. The molecule has 1 aromatic carbocycles. The fraction of sp³-hybridized carbons (Fsp3) is 0.421. The van der Waals surface area contributed by atoms with Gasteiger partial charge in [0, 0.05) is 12.1 Å². The second-order valence-corrected chi connectivity index (χ2v) is 7.10.